The van der Waals surface area contributed by atoms with E-state index in [-0.39, 0.29) is 0 Å². The number of hydrogen-bond donors (Lipinski definition) is 2. The normalized spacial score (nSPS) is 15.5. The first-order chi connectivity index (χ1) is 14.8. The van der Waals surface area contributed by atoms with E-state index in [2.05, 4.69) is 21.8 Å². The molecule has 162 valence electrons. The van der Waals surface area contributed by atoms with Gasteiger partial charge in [-0.05, 0) is 37.4 Å². The fraction of sp³-hybridized carbons (Fsp3) is 0.238. The van der Waals surface area contributed by atoms with E-state index in [1.54, 1.807) is 12.3 Å². The number of hydrogen-bond acceptors (Lipinski definition) is 7. The quantitative estimate of drug-likeness (QED) is 0.679. The third kappa shape index (κ3) is 6.03. The highest BCUT2D eigenvalue weighted by Gasteiger charge is 2.25. The van der Waals surface area contributed by atoms with Crippen LogP contribution in [0.25, 0.3) is 0 Å². The second-order valence-electron chi connectivity index (χ2n) is 6.81. The van der Waals surface area contributed by atoms with Crippen molar-refractivity contribution in [2.24, 2.45) is 4.99 Å². The fourth-order valence-corrected chi connectivity index (χ4v) is 3.15. The summed E-state index contributed by atoms with van der Waals surface area (Å²) in [6.07, 6.45) is 2.85. The molecule has 10 heteroatoms. The molecule has 9 nitrogen and oxygen atoms in total. The van der Waals surface area contributed by atoms with Crippen molar-refractivity contribution in [3.8, 4) is 11.6 Å². The summed E-state index contributed by atoms with van der Waals surface area (Å²) < 4.78 is 5.98. The smallest absolute Gasteiger partial charge is 0.328 e. The minimum absolute atomic E-state index is 0.558. The van der Waals surface area contributed by atoms with E-state index < -0.39 is 11.9 Å². The van der Waals surface area contributed by atoms with Crippen LogP contribution in [0.1, 0.15) is 5.56 Å². The molecular formula is C21H21ClN4O5. The SMILES string of the molecule is CN1CCN(C2=Nc3cc(Cl)ccc3Oc3ncccc32)CC1.O=C(O)/C=C/C(=O)O. The third-order valence-electron chi connectivity index (χ3n) is 4.54. The number of nitrogens with zero attached hydrogens (tertiary/aromatic N) is 4. The topological polar surface area (TPSA) is 116 Å². The molecule has 0 unspecified atom stereocenters. The number of carboxylic acid groups (broad SMARTS) is 2. The number of aliphatic imine (C=N–C) groups is 1. The number of likely N-dealkylation sites (N-methyl/N-ethyl adjacent to an activating group) is 1. The summed E-state index contributed by atoms with van der Waals surface area (Å²) in [6, 6.07) is 9.40. The molecule has 1 aromatic heterocycles. The second kappa shape index (κ2) is 10.1. The summed E-state index contributed by atoms with van der Waals surface area (Å²) in [5.74, 6) is -0.341. The monoisotopic (exact) mass is 444 g/mol. The summed E-state index contributed by atoms with van der Waals surface area (Å²) in [5.41, 5.74) is 1.66. The highest BCUT2D eigenvalue weighted by molar-refractivity contribution is 6.31. The first-order valence-corrected chi connectivity index (χ1v) is 9.80. The van der Waals surface area contributed by atoms with Crippen LogP contribution < -0.4 is 4.74 Å². The molecule has 2 N–H and O–H groups in total. The van der Waals surface area contributed by atoms with E-state index in [0.29, 0.717) is 28.8 Å². The van der Waals surface area contributed by atoms with Gasteiger partial charge >= 0.3 is 11.9 Å². The Morgan fingerprint density at radius 3 is 2.42 bits per heavy atom. The van der Waals surface area contributed by atoms with Crippen LogP contribution in [-0.4, -0.2) is 76.0 Å². The van der Waals surface area contributed by atoms with E-state index >= 15 is 0 Å². The predicted octanol–water partition coefficient (Wildman–Crippen LogP) is 2.88. The van der Waals surface area contributed by atoms with Crippen LogP contribution in [0.2, 0.25) is 5.02 Å². The van der Waals surface area contributed by atoms with Crippen LogP contribution in [0, 0.1) is 0 Å². The highest BCUT2D eigenvalue weighted by atomic mass is 35.5. The average molecular weight is 445 g/mol. The number of fused-ring (bicyclic) bond motifs is 2. The number of carboxylic acids is 2. The molecule has 1 saturated heterocycles. The summed E-state index contributed by atoms with van der Waals surface area (Å²) in [4.78, 5) is 33.0. The zero-order chi connectivity index (χ0) is 22.4. The molecule has 4 rings (SSSR count). The van der Waals surface area contributed by atoms with E-state index in [9.17, 15) is 9.59 Å². The number of ether oxygens (including phenoxy) is 1. The van der Waals surface area contributed by atoms with Crippen molar-refractivity contribution in [1.82, 2.24) is 14.8 Å². The molecule has 0 aliphatic carbocycles. The van der Waals surface area contributed by atoms with E-state index in [1.165, 1.54) is 0 Å². The molecule has 1 fully saturated rings. The lowest BCUT2D eigenvalue weighted by Crippen LogP contribution is -2.47. The largest absolute Gasteiger partial charge is 0.478 e. The van der Waals surface area contributed by atoms with Gasteiger partial charge in [0.25, 0.3) is 0 Å². The Labute approximate surface area is 183 Å². The Morgan fingerprint density at radius 2 is 1.77 bits per heavy atom. The minimum Gasteiger partial charge on any atom is -0.478 e. The van der Waals surface area contributed by atoms with Gasteiger partial charge in [0, 0.05) is 49.6 Å². The van der Waals surface area contributed by atoms with Crippen molar-refractivity contribution in [2.75, 3.05) is 33.2 Å². The number of pyridine rings is 1. The lowest BCUT2D eigenvalue weighted by atomic mass is 10.2. The van der Waals surface area contributed by atoms with E-state index in [1.807, 2.05) is 24.3 Å². The van der Waals surface area contributed by atoms with Gasteiger partial charge in [-0.15, -0.1) is 0 Å². The first-order valence-electron chi connectivity index (χ1n) is 9.42. The lowest BCUT2D eigenvalue weighted by Gasteiger charge is -2.34. The molecule has 31 heavy (non-hydrogen) atoms. The number of benzene rings is 1. The van der Waals surface area contributed by atoms with E-state index in [0.717, 1.165) is 43.3 Å². The number of aromatic nitrogens is 1. The van der Waals surface area contributed by atoms with Gasteiger partial charge in [-0.25, -0.2) is 19.6 Å². The van der Waals surface area contributed by atoms with E-state index in [4.69, 9.17) is 31.5 Å². The maximum atomic E-state index is 9.55. The van der Waals surface area contributed by atoms with Crippen LogP contribution in [0.4, 0.5) is 5.69 Å². The Morgan fingerprint density at radius 1 is 1.10 bits per heavy atom. The molecule has 2 aliphatic heterocycles. The van der Waals surface area contributed by atoms with Crippen molar-refractivity contribution >= 4 is 35.1 Å². The number of aliphatic carboxylic acids is 2. The highest BCUT2D eigenvalue weighted by Crippen LogP contribution is 2.38. The van der Waals surface area contributed by atoms with Gasteiger partial charge < -0.3 is 24.7 Å². The maximum absolute atomic E-state index is 9.55. The van der Waals surface area contributed by atoms with Crippen LogP contribution in [0.5, 0.6) is 11.6 Å². The first kappa shape index (κ1) is 22.3. The molecule has 0 radical (unpaired) electrons. The molecule has 0 saturated carbocycles. The van der Waals surface area contributed by atoms with Crippen LogP contribution >= 0.6 is 11.6 Å². The third-order valence-corrected chi connectivity index (χ3v) is 4.77. The number of halogens is 1. The molecule has 0 bridgehead atoms. The Bertz CT molecular complexity index is 1020. The van der Waals surface area contributed by atoms with Crippen molar-refractivity contribution in [3.63, 3.8) is 0 Å². The van der Waals surface area contributed by atoms with Gasteiger partial charge in [-0.2, -0.15) is 0 Å². The van der Waals surface area contributed by atoms with Gasteiger partial charge in [0.15, 0.2) is 5.75 Å². The molecule has 2 aromatic rings. The molecule has 0 atom stereocenters. The van der Waals surface area contributed by atoms with Crippen molar-refractivity contribution in [2.45, 2.75) is 0 Å². The second-order valence-corrected chi connectivity index (χ2v) is 7.24. The predicted molar refractivity (Wildman–Crippen MR) is 115 cm³/mol. The molecule has 3 heterocycles. The zero-order valence-electron chi connectivity index (χ0n) is 16.7. The van der Waals surface area contributed by atoms with Crippen LogP contribution in [-0.2, 0) is 9.59 Å². The van der Waals surface area contributed by atoms with Gasteiger partial charge in [-0.3, -0.25) is 0 Å². The fourth-order valence-electron chi connectivity index (χ4n) is 2.99. The lowest BCUT2D eigenvalue weighted by molar-refractivity contribution is -0.134. The Kier molecular flexibility index (Phi) is 7.22. The summed E-state index contributed by atoms with van der Waals surface area (Å²) in [7, 11) is 2.14. The van der Waals surface area contributed by atoms with Gasteiger partial charge in [0.1, 0.15) is 11.5 Å². The molecular weight excluding hydrogens is 424 g/mol. The van der Waals surface area contributed by atoms with Crippen LogP contribution in [0.3, 0.4) is 0 Å². The van der Waals surface area contributed by atoms with Gasteiger partial charge in [0.05, 0.1) is 5.56 Å². The number of piperazine rings is 1. The van der Waals surface area contributed by atoms with Crippen molar-refractivity contribution in [1.29, 1.82) is 0 Å². The standard InChI is InChI=1S/C17H17ClN4O.C4H4O4/c1-21-7-9-22(10-8-21)16-13-3-2-6-19-17(13)23-15-5-4-12(18)11-14(15)20-16;5-3(6)1-2-4(7)8/h2-6,11H,7-10H2,1H3;1-2H,(H,5,6)(H,7,8)/b;2-1+. The van der Waals surface area contributed by atoms with Crippen molar-refractivity contribution < 1.29 is 24.5 Å². The van der Waals surface area contributed by atoms with Gasteiger partial charge in [0.2, 0.25) is 5.88 Å². The molecule has 2 aliphatic rings. The number of carbonyl (C=O) groups is 2. The molecule has 1 aromatic carbocycles. The molecule has 0 amide bonds. The summed E-state index contributed by atoms with van der Waals surface area (Å²) >= 11 is 6.13. The van der Waals surface area contributed by atoms with Crippen molar-refractivity contribution in [3.05, 3.63) is 59.3 Å². The summed E-state index contributed by atoms with van der Waals surface area (Å²) in [6.45, 7) is 3.88. The maximum Gasteiger partial charge on any atom is 0.328 e. The number of rotatable bonds is 2. The zero-order valence-corrected chi connectivity index (χ0v) is 17.5. The Balaban J connectivity index is 0.000000293. The van der Waals surface area contributed by atoms with Crippen LogP contribution in [0.15, 0.2) is 53.7 Å². The Hall–Kier alpha value is -3.43. The minimum atomic E-state index is -1.26. The summed E-state index contributed by atoms with van der Waals surface area (Å²) in [5, 5.41) is 16.3. The number of amidine groups is 1. The average Bonchev–Trinajstić information content (AvgIpc) is 2.90. The van der Waals surface area contributed by atoms with Gasteiger partial charge in [-0.1, -0.05) is 11.6 Å². The molecule has 0 spiro atoms.